The maximum atomic E-state index is 13.0. The molecule has 142 valence electrons. The van der Waals surface area contributed by atoms with Crippen molar-refractivity contribution >= 4 is 5.91 Å². The van der Waals surface area contributed by atoms with Gasteiger partial charge in [-0.2, -0.15) is 5.10 Å². The molecule has 1 saturated heterocycles. The molecule has 1 saturated carbocycles. The van der Waals surface area contributed by atoms with E-state index in [0.29, 0.717) is 30.6 Å². The fraction of sp³-hybridized carbons (Fsp3) is 0.600. The maximum Gasteiger partial charge on any atom is 0.272 e. The molecule has 0 spiro atoms. The van der Waals surface area contributed by atoms with Crippen LogP contribution in [0.1, 0.15) is 70.8 Å². The Kier molecular flexibility index (Phi) is 4.19. The van der Waals surface area contributed by atoms with Crippen molar-refractivity contribution in [3.8, 4) is 0 Å². The molecule has 1 amide bonds. The lowest BCUT2D eigenvalue weighted by atomic mass is 9.98. The summed E-state index contributed by atoms with van der Waals surface area (Å²) >= 11 is 0. The SMILES string of the molecule is Cn1nc(C2CC2)cc1C(=O)N1CCc2nc(C3CCCNC3)ncc2C1. The second-order valence-corrected chi connectivity index (χ2v) is 8.07. The summed E-state index contributed by atoms with van der Waals surface area (Å²) in [5.41, 5.74) is 3.93. The number of rotatable bonds is 3. The highest BCUT2D eigenvalue weighted by molar-refractivity contribution is 5.92. The standard InChI is InChI=1S/C20H26N6O/c1-25-18(9-17(24-25)13-4-5-13)20(27)26-8-6-16-15(12-26)11-22-19(23-16)14-3-2-7-21-10-14/h9,11,13-14,21H,2-8,10,12H2,1H3. The van der Waals surface area contributed by atoms with Crippen molar-refractivity contribution in [1.29, 1.82) is 0 Å². The van der Waals surface area contributed by atoms with E-state index in [9.17, 15) is 4.79 Å². The third-order valence-electron chi connectivity index (χ3n) is 6.02. The first-order valence-electron chi connectivity index (χ1n) is 10.1. The third kappa shape index (κ3) is 3.25. The van der Waals surface area contributed by atoms with Crippen LogP contribution in [0.5, 0.6) is 0 Å². The predicted octanol–water partition coefficient (Wildman–Crippen LogP) is 1.75. The van der Waals surface area contributed by atoms with E-state index < -0.39 is 0 Å². The molecular weight excluding hydrogens is 340 g/mol. The lowest BCUT2D eigenvalue weighted by Crippen LogP contribution is -2.38. The van der Waals surface area contributed by atoms with Gasteiger partial charge in [0.05, 0.1) is 11.4 Å². The van der Waals surface area contributed by atoms with Gasteiger partial charge in [0.1, 0.15) is 11.5 Å². The van der Waals surface area contributed by atoms with Gasteiger partial charge in [0.2, 0.25) is 0 Å². The zero-order chi connectivity index (χ0) is 18.4. The van der Waals surface area contributed by atoms with Gasteiger partial charge in [-0.1, -0.05) is 0 Å². The summed E-state index contributed by atoms with van der Waals surface area (Å²) in [6, 6.07) is 1.98. The van der Waals surface area contributed by atoms with E-state index in [-0.39, 0.29) is 5.91 Å². The molecule has 0 aromatic carbocycles. The molecule has 3 aliphatic rings. The van der Waals surface area contributed by atoms with Crippen LogP contribution in [-0.2, 0) is 20.0 Å². The van der Waals surface area contributed by atoms with Crippen molar-refractivity contribution in [2.24, 2.45) is 7.05 Å². The van der Waals surface area contributed by atoms with E-state index in [1.54, 1.807) is 4.68 Å². The molecule has 2 aliphatic heterocycles. The van der Waals surface area contributed by atoms with Gasteiger partial charge in [-0.3, -0.25) is 9.48 Å². The molecule has 7 nitrogen and oxygen atoms in total. The highest BCUT2D eigenvalue weighted by atomic mass is 16.2. The van der Waals surface area contributed by atoms with Gasteiger partial charge in [0.25, 0.3) is 5.91 Å². The summed E-state index contributed by atoms with van der Waals surface area (Å²) < 4.78 is 1.74. The van der Waals surface area contributed by atoms with Gasteiger partial charge in [0.15, 0.2) is 0 Å². The number of piperidine rings is 1. The maximum absolute atomic E-state index is 13.0. The minimum atomic E-state index is 0.0584. The van der Waals surface area contributed by atoms with Crippen LogP contribution in [0.15, 0.2) is 12.3 Å². The smallest absolute Gasteiger partial charge is 0.272 e. The van der Waals surface area contributed by atoms with Crippen molar-refractivity contribution in [3.05, 3.63) is 40.7 Å². The van der Waals surface area contributed by atoms with Crippen LogP contribution in [-0.4, -0.2) is 50.2 Å². The fourth-order valence-electron chi connectivity index (χ4n) is 4.20. The summed E-state index contributed by atoms with van der Waals surface area (Å²) in [5, 5.41) is 7.97. The number of carbonyl (C=O) groups excluding carboxylic acids is 1. The highest BCUT2D eigenvalue weighted by Gasteiger charge is 2.30. The van der Waals surface area contributed by atoms with Crippen LogP contribution in [0.3, 0.4) is 0 Å². The van der Waals surface area contributed by atoms with Gasteiger partial charge in [-0.15, -0.1) is 0 Å². The number of aryl methyl sites for hydroxylation is 1. The number of fused-ring (bicyclic) bond motifs is 1. The minimum Gasteiger partial charge on any atom is -0.332 e. The number of hydrogen-bond acceptors (Lipinski definition) is 5. The van der Waals surface area contributed by atoms with Crippen LogP contribution >= 0.6 is 0 Å². The van der Waals surface area contributed by atoms with Gasteiger partial charge >= 0.3 is 0 Å². The predicted molar refractivity (Wildman–Crippen MR) is 101 cm³/mol. The largest absolute Gasteiger partial charge is 0.332 e. The Balaban J connectivity index is 1.32. The van der Waals surface area contributed by atoms with Crippen molar-refractivity contribution < 1.29 is 4.79 Å². The van der Waals surface area contributed by atoms with Crippen molar-refractivity contribution in [1.82, 2.24) is 30.0 Å². The van der Waals surface area contributed by atoms with Gasteiger partial charge in [-0.05, 0) is 38.3 Å². The van der Waals surface area contributed by atoms with Crippen LogP contribution in [0.2, 0.25) is 0 Å². The molecule has 0 radical (unpaired) electrons. The zero-order valence-electron chi connectivity index (χ0n) is 15.8. The lowest BCUT2D eigenvalue weighted by molar-refractivity contribution is 0.0722. The van der Waals surface area contributed by atoms with Crippen LogP contribution < -0.4 is 5.32 Å². The lowest BCUT2D eigenvalue weighted by Gasteiger charge is -2.29. The molecule has 27 heavy (non-hydrogen) atoms. The Labute approximate surface area is 159 Å². The molecule has 4 heterocycles. The van der Waals surface area contributed by atoms with Gasteiger partial charge < -0.3 is 10.2 Å². The molecule has 0 bridgehead atoms. The first kappa shape index (κ1) is 16.9. The fourth-order valence-corrected chi connectivity index (χ4v) is 4.20. The molecule has 5 rings (SSSR count). The van der Waals surface area contributed by atoms with Gasteiger partial charge in [-0.25, -0.2) is 9.97 Å². The number of carbonyl (C=O) groups is 1. The zero-order valence-corrected chi connectivity index (χ0v) is 15.8. The van der Waals surface area contributed by atoms with Crippen molar-refractivity contribution in [2.75, 3.05) is 19.6 Å². The first-order valence-corrected chi connectivity index (χ1v) is 10.1. The quantitative estimate of drug-likeness (QED) is 0.896. The number of amides is 1. The van der Waals surface area contributed by atoms with Crippen LogP contribution in [0.25, 0.3) is 0 Å². The molecule has 1 atom stereocenters. The number of nitrogens with zero attached hydrogens (tertiary/aromatic N) is 5. The topological polar surface area (TPSA) is 75.9 Å². The van der Waals surface area contributed by atoms with Crippen molar-refractivity contribution in [3.63, 3.8) is 0 Å². The van der Waals surface area contributed by atoms with E-state index >= 15 is 0 Å². The Morgan fingerprint density at radius 3 is 2.93 bits per heavy atom. The second-order valence-electron chi connectivity index (χ2n) is 8.07. The monoisotopic (exact) mass is 366 g/mol. The average Bonchev–Trinajstić information content (AvgIpc) is 3.49. The Morgan fingerprint density at radius 2 is 2.15 bits per heavy atom. The van der Waals surface area contributed by atoms with Crippen LogP contribution in [0, 0.1) is 0 Å². The molecule has 7 heteroatoms. The Hall–Kier alpha value is -2.28. The molecule has 1 N–H and O–H groups in total. The molecule has 1 unspecified atom stereocenters. The number of aromatic nitrogens is 4. The van der Waals surface area contributed by atoms with E-state index in [1.807, 2.05) is 24.2 Å². The third-order valence-corrected chi connectivity index (χ3v) is 6.02. The van der Waals surface area contributed by atoms with E-state index in [1.165, 1.54) is 19.3 Å². The second kappa shape index (κ2) is 6.71. The Bertz CT molecular complexity index is 865. The summed E-state index contributed by atoms with van der Waals surface area (Å²) in [4.78, 5) is 24.4. The molecule has 2 aromatic heterocycles. The van der Waals surface area contributed by atoms with E-state index in [0.717, 1.165) is 48.7 Å². The summed E-state index contributed by atoms with van der Waals surface area (Å²) in [6.07, 6.45) is 7.45. The number of hydrogen-bond donors (Lipinski definition) is 1. The number of nitrogens with one attached hydrogen (secondary N) is 1. The van der Waals surface area contributed by atoms with Crippen molar-refractivity contribution in [2.45, 2.75) is 50.5 Å². The molecule has 1 aliphatic carbocycles. The first-order chi connectivity index (χ1) is 13.2. The molecular formula is C20H26N6O. The van der Waals surface area contributed by atoms with E-state index in [4.69, 9.17) is 4.98 Å². The molecule has 2 aromatic rings. The summed E-state index contributed by atoms with van der Waals surface area (Å²) in [6.45, 7) is 3.35. The normalized spacial score (nSPS) is 22.6. The van der Waals surface area contributed by atoms with Crippen LogP contribution in [0.4, 0.5) is 0 Å². The van der Waals surface area contributed by atoms with Gasteiger partial charge in [0, 0.05) is 56.7 Å². The summed E-state index contributed by atoms with van der Waals surface area (Å²) in [5.74, 6) is 1.99. The average molecular weight is 366 g/mol. The summed E-state index contributed by atoms with van der Waals surface area (Å²) in [7, 11) is 1.87. The Morgan fingerprint density at radius 1 is 1.26 bits per heavy atom. The minimum absolute atomic E-state index is 0.0584. The van der Waals surface area contributed by atoms with E-state index in [2.05, 4.69) is 15.4 Å². The molecule has 2 fully saturated rings. The highest BCUT2D eigenvalue weighted by Crippen LogP contribution is 2.39.